The van der Waals surface area contributed by atoms with Gasteiger partial charge in [-0.25, -0.2) is 0 Å². The molecule has 0 unspecified atom stereocenters. The van der Waals surface area contributed by atoms with E-state index >= 15 is 0 Å². The van der Waals surface area contributed by atoms with Gasteiger partial charge < -0.3 is 25.2 Å². The number of aliphatic hydroxyl groups is 1. The highest BCUT2D eigenvalue weighted by molar-refractivity contribution is 5.98. The van der Waals surface area contributed by atoms with Gasteiger partial charge in [-0.05, 0) is 68.5 Å². The largest absolute Gasteiger partial charge is 0.493 e. The van der Waals surface area contributed by atoms with Crippen LogP contribution in [0.2, 0.25) is 0 Å². The zero-order valence-corrected chi connectivity index (χ0v) is 21.4. The predicted octanol–water partition coefficient (Wildman–Crippen LogP) is 2.14. The van der Waals surface area contributed by atoms with Gasteiger partial charge >= 0.3 is 0 Å². The third-order valence-corrected chi connectivity index (χ3v) is 7.64. The van der Waals surface area contributed by atoms with E-state index in [4.69, 9.17) is 9.47 Å². The molecule has 37 heavy (non-hydrogen) atoms. The van der Waals surface area contributed by atoms with Gasteiger partial charge in [0.25, 0.3) is 5.91 Å². The number of nitrogens with one attached hydrogen (secondary N) is 2. The Morgan fingerprint density at radius 1 is 1.08 bits per heavy atom. The molecule has 2 amide bonds. The van der Waals surface area contributed by atoms with Gasteiger partial charge in [-0.1, -0.05) is 6.07 Å². The summed E-state index contributed by atoms with van der Waals surface area (Å²) in [6.07, 6.45) is 4.76. The van der Waals surface area contributed by atoms with Crippen LogP contribution in [0.25, 0.3) is 11.1 Å². The molecular formula is C28H36N4O5. The Bertz CT molecular complexity index is 1110. The molecule has 5 atom stereocenters. The zero-order chi connectivity index (χ0) is 25.9. The number of amides is 2. The summed E-state index contributed by atoms with van der Waals surface area (Å²) in [5.41, 5.74) is 2.38. The normalized spacial score (nSPS) is 29.2. The van der Waals surface area contributed by atoms with Crippen LogP contribution in [-0.4, -0.2) is 82.9 Å². The SMILES string of the molecule is CC(C)N1C[C@@H]2C[C@H]1C(=O)NC[C@H]1O[C@H](CCOc3cc(-c4ccncc4)ccc3C(=O)N2)CC[C@@H]1O. The van der Waals surface area contributed by atoms with Gasteiger partial charge in [0.1, 0.15) is 11.9 Å². The quantitative estimate of drug-likeness (QED) is 0.570. The summed E-state index contributed by atoms with van der Waals surface area (Å²) in [6.45, 7) is 5.31. The summed E-state index contributed by atoms with van der Waals surface area (Å²) in [4.78, 5) is 32.8. The monoisotopic (exact) mass is 508 g/mol. The number of nitrogens with zero attached hydrogens (tertiary/aromatic N) is 2. The number of pyridine rings is 1. The number of benzene rings is 1. The standard InChI is InChI=1S/C28H36N4O5/c1-17(2)32-16-20-14-23(32)28(35)30-15-26-24(33)6-4-21(37-26)9-12-36-25-13-19(18-7-10-29-11-8-18)3-5-22(25)27(34)31-20/h3,5,7-8,10-11,13,17,20-21,23-24,26,33H,4,6,9,12,14-16H2,1-2H3,(H,30,35)(H,31,34)/t20-,21-,23-,24-,26+/m0/s1. The minimum atomic E-state index is -0.614. The highest BCUT2D eigenvalue weighted by Gasteiger charge is 2.40. The first-order valence-electron chi connectivity index (χ1n) is 13.2. The van der Waals surface area contributed by atoms with Crippen molar-refractivity contribution < 1.29 is 24.2 Å². The second-order valence-electron chi connectivity index (χ2n) is 10.5. The number of carbonyl (C=O) groups excluding carboxylic acids is 2. The van der Waals surface area contributed by atoms with Gasteiger partial charge in [-0.2, -0.15) is 0 Å². The first-order valence-corrected chi connectivity index (χ1v) is 13.2. The number of aliphatic hydroxyl groups excluding tert-OH is 1. The Labute approximate surface area is 217 Å². The van der Waals surface area contributed by atoms with Crippen LogP contribution in [-0.2, 0) is 9.53 Å². The lowest BCUT2D eigenvalue weighted by Crippen LogP contribution is -2.51. The molecule has 3 N–H and O–H groups in total. The first kappa shape index (κ1) is 25.6. The van der Waals surface area contributed by atoms with Crippen molar-refractivity contribution in [2.75, 3.05) is 19.7 Å². The number of hydrogen-bond donors (Lipinski definition) is 3. The Hall–Kier alpha value is -3.01. The van der Waals surface area contributed by atoms with Gasteiger partial charge in [0.15, 0.2) is 0 Å². The second-order valence-corrected chi connectivity index (χ2v) is 10.5. The Morgan fingerprint density at radius 2 is 1.89 bits per heavy atom. The van der Waals surface area contributed by atoms with Crippen molar-refractivity contribution in [3.63, 3.8) is 0 Å². The summed E-state index contributed by atoms with van der Waals surface area (Å²) in [5, 5.41) is 16.6. The van der Waals surface area contributed by atoms with E-state index in [1.165, 1.54) is 0 Å². The van der Waals surface area contributed by atoms with Crippen LogP contribution in [0, 0.1) is 0 Å². The minimum absolute atomic E-state index is 0.0955. The molecule has 0 aliphatic carbocycles. The van der Waals surface area contributed by atoms with Crippen LogP contribution in [0.4, 0.5) is 0 Å². The van der Waals surface area contributed by atoms with Gasteiger partial charge in [0.05, 0.1) is 30.4 Å². The van der Waals surface area contributed by atoms with Crippen LogP contribution < -0.4 is 15.4 Å². The summed E-state index contributed by atoms with van der Waals surface area (Å²) in [6, 6.07) is 9.05. The number of hydrogen-bond acceptors (Lipinski definition) is 7. The number of likely N-dealkylation sites (tertiary alicyclic amines) is 1. The molecule has 1 aromatic heterocycles. The average molecular weight is 509 g/mol. The summed E-state index contributed by atoms with van der Waals surface area (Å²) >= 11 is 0. The lowest BCUT2D eigenvalue weighted by molar-refractivity contribution is -0.134. The molecule has 4 bridgehead atoms. The molecule has 3 aliphatic heterocycles. The molecular weight excluding hydrogens is 472 g/mol. The predicted molar refractivity (Wildman–Crippen MR) is 138 cm³/mol. The maximum atomic E-state index is 13.4. The molecule has 9 heteroatoms. The summed E-state index contributed by atoms with van der Waals surface area (Å²) in [7, 11) is 0. The molecule has 9 nitrogen and oxygen atoms in total. The molecule has 1 aromatic carbocycles. The molecule has 2 aromatic rings. The van der Waals surface area contributed by atoms with E-state index in [1.807, 2.05) is 24.3 Å². The Morgan fingerprint density at radius 3 is 2.68 bits per heavy atom. The molecule has 0 spiro atoms. The third kappa shape index (κ3) is 5.79. The van der Waals surface area contributed by atoms with Crippen LogP contribution in [0.3, 0.4) is 0 Å². The van der Waals surface area contributed by atoms with Gasteiger partial charge in [-0.15, -0.1) is 0 Å². The van der Waals surface area contributed by atoms with Crippen molar-refractivity contribution >= 4 is 11.8 Å². The maximum absolute atomic E-state index is 13.4. The molecule has 3 aliphatic rings. The fourth-order valence-corrected chi connectivity index (χ4v) is 5.57. The molecule has 4 heterocycles. The number of carbonyl (C=O) groups is 2. The van der Waals surface area contributed by atoms with E-state index in [2.05, 4.69) is 34.4 Å². The lowest BCUT2D eigenvalue weighted by atomic mass is 9.99. The van der Waals surface area contributed by atoms with Gasteiger partial charge in [0.2, 0.25) is 5.91 Å². The van der Waals surface area contributed by atoms with Crippen LogP contribution in [0.15, 0.2) is 42.7 Å². The highest BCUT2D eigenvalue weighted by atomic mass is 16.5. The van der Waals surface area contributed by atoms with Crippen LogP contribution in [0.1, 0.15) is 49.9 Å². The zero-order valence-electron chi connectivity index (χ0n) is 21.4. The molecule has 2 saturated heterocycles. The van der Waals surface area contributed by atoms with Crippen molar-refractivity contribution in [1.82, 2.24) is 20.5 Å². The van der Waals surface area contributed by atoms with Gasteiger partial charge in [-0.3, -0.25) is 19.5 Å². The van der Waals surface area contributed by atoms with E-state index < -0.39 is 12.2 Å². The van der Waals surface area contributed by atoms with Gasteiger partial charge in [0, 0.05) is 44.0 Å². The molecule has 5 rings (SSSR count). The van der Waals surface area contributed by atoms with Crippen molar-refractivity contribution in [2.24, 2.45) is 0 Å². The maximum Gasteiger partial charge on any atom is 0.255 e. The third-order valence-electron chi connectivity index (χ3n) is 7.64. The van der Waals surface area contributed by atoms with E-state index in [0.717, 1.165) is 11.1 Å². The van der Waals surface area contributed by atoms with Crippen molar-refractivity contribution in [3.8, 4) is 16.9 Å². The van der Waals surface area contributed by atoms with E-state index in [0.29, 0.717) is 50.1 Å². The van der Waals surface area contributed by atoms with Crippen molar-refractivity contribution in [2.45, 2.75) is 76.0 Å². The highest BCUT2D eigenvalue weighted by Crippen LogP contribution is 2.30. The fourth-order valence-electron chi connectivity index (χ4n) is 5.57. The lowest BCUT2D eigenvalue weighted by Gasteiger charge is -2.35. The molecule has 0 saturated carbocycles. The number of aromatic nitrogens is 1. The Balaban J connectivity index is 1.44. The van der Waals surface area contributed by atoms with Crippen molar-refractivity contribution in [3.05, 3.63) is 48.3 Å². The molecule has 0 radical (unpaired) electrons. The summed E-state index contributed by atoms with van der Waals surface area (Å²) in [5.74, 6) is 0.204. The van der Waals surface area contributed by atoms with Crippen LogP contribution >= 0.6 is 0 Å². The van der Waals surface area contributed by atoms with Crippen molar-refractivity contribution in [1.29, 1.82) is 0 Å². The second kappa shape index (κ2) is 11.2. The first-order chi connectivity index (χ1) is 17.9. The summed E-state index contributed by atoms with van der Waals surface area (Å²) < 4.78 is 12.4. The number of fused-ring (bicyclic) bond motifs is 5. The topological polar surface area (TPSA) is 113 Å². The number of ether oxygens (including phenoxy) is 2. The Kier molecular flexibility index (Phi) is 7.73. The molecule has 198 valence electrons. The smallest absolute Gasteiger partial charge is 0.255 e. The average Bonchev–Trinajstić information content (AvgIpc) is 3.33. The van der Waals surface area contributed by atoms with E-state index in [9.17, 15) is 14.7 Å². The van der Waals surface area contributed by atoms with E-state index in [1.54, 1.807) is 18.5 Å². The van der Waals surface area contributed by atoms with Crippen LogP contribution in [0.5, 0.6) is 5.75 Å². The minimum Gasteiger partial charge on any atom is -0.493 e. The van der Waals surface area contributed by atoms with E-state index in [-0.39, 0.29) is 42.6 Å². The fraction of sp³-hybridized carbons (Fsp3) is 0.536. The molecule has 2 fully saturated rings. The number of rotatable bonds is 2.